The molecule has 3 amide bonds. The van der Waals surface area contributed by atoms with E-state index in [1.54, 1.807) is 59.5 Å². The Bertz CT molecular complexity index is 1830. The van der Waals surface area contributed by atoms with E-state index < -0.39 is 24.2 Å². The molecule has 0 unspecified atom stereocenters. The summed E-state index contributed by atoms with van der Waals surface area (Å²) in [5.74, 6) is -4.53. The van der Waals surface area contributed by atoms with Gasteiger partial charge in [-0.25, -0.2) is 8.78 Å². The molecule has 4 aromatic carbocycles. The third-order valence-corrected chi connectivity index (χ3v) is 8.78. The largest absolute Gasteiger partial charge is 0.337 e. The van der Waals surface area contributed by atoms with E-state index in [9.17, 15) is 14.4 Å². The SMILES string of the molecule is Cc1ccc(-c2ccccc2C(=O)Nc2ccc(C(=O)N3CCC(F)(F)/C(=C\C(=O)N4CCN(C)CC4)c4ccccc43)cc2)cc1. The maximum absolute atomic E-state index is 15.7. The van der Waals surface area contributed by atoms with Crippen LogP contribution in [0.2, 0.25) is 0 Å². The van der Waals surface area contributed by atoms with Crippen LogP contribution in [-0.4, -0.2) is 73.2 Å². The molecule has 0 aliphatic carbocycles. The molecule has 0 spiro atoms. The van der Waals surface area contributed by atoms with Crippen LogP contribution in [0.4, 0.5) is 20.2 Å². The van der Waals surface area contributed by atoms with Gasteiger partial charge in [0, 0.05) is 73.2 Å². The molecule has 0 atom stereocenters. The van der Waals surface area contributed by atoms with Crippen LogP contribution in [0.3, 0.4) is 0 Å². The molecule has 0 bridgehead atoms. The molecular weight excluding hydrogens is 598 g/mol. The molecule has 7 nitrogen and oxygen atoms in total. The summed E-state index contributed by atoms with van der Waals surface area (Å²) in [5, 5.41) is 2.91. The number of carbonyl (C=O) groups excluding carboxylic acids is 3. The van der Waals surface area contributed by atoms with Crippen LogP contribution in [0.25, 0.3) is 16.7 Å². The predicted molar refractivity (Wildman–Crippen MR) is 181 cm³/mol. The lowest BCUT2D eigenvalue weighted by Crippen LogP contribution is -2.46. The summed E-state index contributed by atoms with van der Waals surface area (Å²) >= 11 is 0. The lowest BCUT2D eigenvalue weighted by Gasteiger charge is -2.32. The quantitative estimate of drug-likeness (QED) is 0.247. The molecule has 0 aromatic heterocycles. The van der Waals surface area contributed by atoms with Gasteiger partial charge in [0.2, 0.25) is 5.91 Å². The minimum atomic E-state index is -3.32. The molecule has 6 rings (SSSR count). The highest BCUT2D eigenvalue weighted by atomic mass is 19.3. The maximum Gasteiger partial charge on any atom is 0.275 e. The Hall–Kier alpha value is -5.15. The third-order valence-electron chi connectivity index (χ3n) is 8.78. The summed E-state index contributed by atoms with van der Waals surface area (Å²) < 4.78 is 31.4. The third kappa shape index (κ3) is 6.85. The fourth-order valence-corrected chi connectivity index (χ4v) is 5.99. The standard InChI is InChI=1S/C38H36F2N4O3/c1-26-11-13-27(14-12-26)30-7-3-4-8-31(30)36(46)41-29-17-15-28(16-18-29)37(47)44-20-19-38(39,40)33(32-9-5-6-10-34(32)44)25-35(45)43-23-21-42(2)22-24-43/h3-18,25H,19-24H2,1-2H3,(H,41,46)/b33-25-. The normalized spacial score (nSPS) is 17.1. The van der Waals surface area contributed by atoms with Crippen molar-refractivity contribution in [1.29, 1.82) is 0 Å². The molecule has 0 saturated carbocycles. The zero-order chi connectivity index (χ0) is 33.1. The van der Waals surface area contributed by atoms with Crippen LogP contribution < -0.4 is 10.2 Å². The first-order valence-electron chi connectivity index (χ1n) is 15.7. The molecule has 0 radical (unpaired) electrons. The number of nitrogens with one attached hydrogen (secondary N) is 1. The van der Waals surface area contributed by atoms with Gasteiger partial charge in [0.25, 0.3) is 17.7 Å². The number of carbonyl (C=O) groups is 3. The number of allylic oxidation sites excluding steroid dienone is 1. The van der Waals surface area contributed by atoms with Gasteiger partial charge in [0.15, 0.2) is 0 Å². The van der Waals surface area contributed by atoms with Gasteiger partial charge in [0.05, 0.1) is 5.69 Å². The van der Waals surface area contributed by atoms with Crippen LogP contribution in [0, 0.1) is 6.92 Å². The number of fused-ring (bicyclic) bond motifs is 1. The zero-order valence-corrected chi connectivity index (χ0v) is 26.4. The van der Waals surface area contributed by atoms with E-state index >= 15 is 8.78 Å². The van der Waals surface area contributed by atoms with Crippen LogP contribution in [-0.2, 0) is 4.79 Å². The number of para-hydroxylation sites is 1. The van der Waals surface area contributed by atoms with Crippen LogP contribution in [0.15, 0.2) is 103 Å². The molecule has 240 valence electrons. The number of hydrogen-bond acceptors (Lipinski definition) is 4. The van der Waals surface area contributed by atoms with Crippen molar-refractivity contribution < 1.29 is 23.2 Å². The lowest BCUT2D eigenvalue weighted by molar-refractivity contribution is -0.127. The molecule has 9 heteroatoms. The van der Waals surface area contributed by atoms with Gasteiger partial charge in [-0.1, -0.05) is 66.2 Å². The highest BCUT2D eigenvalue weighted by molar-refractivity contribution is 6.11. The van der Waals surface area contributed by atoms with Crippen molar-refractivity contribution in [2.24, 2.45) is 0 Å². The second-order valence-electron chi connectivity index (χ2n) is 12.1. The number of halogens is 2. The monoisotopic (exact) mass is 634 g/mol. The summed E-state index contributed by atoms with van der Waals surface area (Å²) in [5.41, 5.74) is 4.21. The molecule has 47 heavy (non-hydrogen) atoms. The van der Waals surface area contributed by atoms with Gasteiger partial charge >= 0.3 is 0 Å². The topological polar surface area (TPSA) is 73.0 Å². The van der Waals surface area contributed by atoms with E-state index in [-0.39, 0.29) is 29.2 Å². The minimum Gasteiger partial charge on any atom is -0.337 e. The number of nitrogens with zero attached hydrogens (tertiary/aromatic N) is 3. The van der Waals surface area contributed by atoms with Gasteiger partial charge in [-0.15, -0.1) is 0 Å². The first-order chi connectivity index (χ1) is 22.6. The minimum absolute atomic E-state index is 0.155. The Morgan fingerprint density at radius 1 is 0.766 bits per heavy atom. The molecule has 1 fully saturated rings. The van der Waals surface area contributed by atoms with E-state index in [0.29, 0.717) is 43.1 Å². The number of benzene rings is 4. The number of piperazine rings is 1. The highest BCUT2D eigenvalue weighted by Crippen LogP contribution is 2.43. The number of likely N-dealkylation sites (N-methyl/N-ethyl adjacent to an activating group) is 1. The highest BCUT2D eigenvalue weighted by Gasteiger charge is 2.41. The van der Waals surface area contributed by atoms with Gasteiger partial charge in [-0.2, -0.15) is 0 Å². The molecule has 2 aliphatic heterocycles. The van der Waals surface area contributed by atoms with E-state index in [1.807, 2.05) is 50.4 Å². The van der Waals surface area contributed by atoms with Crippen molar-refractivity contribution in [1.82, 2.24) is 9.80 Å². The average molecular weight is 635 g/mol. The molecule has 2 aliphatic rings. The number of rotatable bonds is 5. The molecular formula is C38H36F2N4O3. The lowest BCUT2D eigenvalue weighted by atomic mass is 9.96. The van der Waals surface area contributed by atoms with Crippen molar-refractivity contribution in [3.8, 4) is 11.1 Å². The smallest absolute Gasteiger partial charge is 0.275 e. The number of anilines is 2. The molecule has 2 heterocycles. The number of amides is 3. The number of aryl methyl sites for hydroxylation is 1. The van der Waals surface area contributed by atoms with Gasteiger partial charge in [-0.05, 0) is 61.5 Å². The van der Waals surface area contributed by atoms with E-state index in [1.165, 1.54) is 11.0 Å². The van der Waals surface area contributed by atoms with Crippen LogP contribution in [0.1, 0.15) is 38.3 Å². The fraction of sp³-hybridized carbons (Fsp3) is 0.237. The summed E-state index contributed by atoms with van der Waals surface area (Å²) in [7, 11) is 1.96. The first-order valence-corrected chi connectivity index (χ1v) is 15.7. The Balaban J connectivity index is 1.22. The van der Waals surface area contributed by atoms with Crippen molar-refractivity contribution in [2.45, 2.75) is 19.3 Å². The zero-order valence-electron chi connectivity index (χ0n) is 26.4. The summed E-state index contributed by atoms with van der Waals surface area (Å²) in [6.45, 7) is 4.04. The van der Waals surface area contributed by atoms with Crippen molar-refractivity contribution in [3.05, 3.63) is 125 Å². The van der Waals surface area contributed by atoms with E-state index in [4.69, 9.17) is 0 Å². The average Bonchev–Trinajstić information content (AvgIpc) is 3.18. The second-order valence-corrected chi connectivity index (χ2v) is 12.1. The predicted octanol–water partition coefficient (Wildman–Crippen LogP) is 6.76. The van der Waals surface area contributed by atoms with Crippen LogP contribution >= 0.6 is 0 Å². The van der Waals surface area contributed by atoms with Gasteiger partial charge in [0.1, 0.15) is 0 Å². The number of alkyl halides is 2. The van der Waals surface area contributed by atoms with Gasteiger partial charge < -0.3 is 20.0 Å². The van der Waals surface area contributed by atoms with E-state index in [2.05, 4.69) is 10.2 Å². The Morgan fingerprint density at radius 2 is 1.40 bits per heavy atom. The summed E-state index contributed by atoms with van der Waals surface area (Å²) in [6.07, 6.45) is 0.413. The Kier molecular flexibility index (Phi) is 9.00. The Morgan fingerprint density at radius 3 is 2.11 bits per heavy atom. The fourth-order valence-electron chi connectivity index (χ4n) is 5.99. The maximum atomic E-state index is 15.7. The second kappa shape index (κ2) is 13.3. The Labute approximate surface area is 273 Å². The van der Waals surface area contributed by atoms with Crippen molar-refractivity contribution >= 4 is 34.7 Å². The van der Waals surface area contributed by atoms with Crippen molar-refractivity contribution in [2.75, 3.05) is 50.0 Å². The molecule has 1 saturated heterocycles. The van der Waals surface area contributed by atoms with Gasteiger partial charge in [-0.3, -0.25) is 14.4 Å². The summed E-state index contributed by atoms with van der Waals surface area (Å²) in [4.78, 5) is 45.2. The van der Waals surface area contributed by atoms with E-state index in [0.717, 1.165) is 22.8 Å². The van der Waals surface area contributed by atoms with Crippen molar-refractivity contribution in [3.63, 3.8) is 0 Å². The van der Waals surface area contributed by atoms with Crippen LogP contribution in [0.5, 0.6) is 0 Å². The number of hydrogen-bond donors (Lipinski definition) is 1. The summed E-state index contributed by atoms with van der Waals surface area (Å²) in [6, 6.07) is 28.2. The molecule has 1 N–H and O–H groups in total. The molecule has 4 aromatic rings. The first kappa shape index (κ1) is 31.8.